The Kier molecular flexibility index (Phi) is 5.18. The molecule has 0 spiro atoms. The summed E-state index contributed by atoms with van der Waals surface area (Å²) >= 11 is 5.77. The second-order valence-electron chi connectivity index (χ2n) is 4.66. The van der Waals surface area contributed by atoms with Gasteiger partial charge in [0.15, 0.2) is 0 Å². The van der Waals surface area contributed by atoms with Crippen LogP contribution in [0.5, 0.6) is 0 Å². The second kappa shape index (κ2) is 6.91. The van der Waals surface area contributed by atoms with E-state index in [9.17, 15) is 18.3 Å². The number of rotatable bonds is 6. The van der Waals surface area contributed by atoms with Gasteiger partial charge >= 0.3 is 5.97 Å². The van der Waals surface area contributed by atoms with Crippen LogP contribution in [0.1, 0.15) is 5.56 Å². The Labute approximate surface area is 133 Å². The zero-order chi connectivity index (χ0) is 16.2. The normalized spacial score (nSPS) is 12.8. The number of benzene rings is 2. The Bertz CT molecular complexity index is 762. The third-order valence-electron chi connectivity index (χ3n) is 2.98. The average molecular weight is 340 g/mol. The molecule has 2 aromatic carbocycles. The summed E-state index contributed by atoms with van der Waals surface area (Å²) in [5, 5.41) is 9.51. The lowest BCUT2D eigenvalue weighted by Crippen LogP contribution is -2.42. The van der Waals surface area contributed by atoms with E-state index >= 15 is 0 Å². The molecule has 0 saturated carbocycles. The maximum atomic E-state index is 12.3. The van der Waals surface area contributed by atoms with Gasteiger partial charge in [0.2, 0.25) is 10.0 Å². The Morgan fingerprint density at radius 1 is 1.14 bits per heavy atom. The van der Waals surface area contributed by atoms with Crippen molar-refractivity contribution in [2.24, 2.45) is 0 Å². The van der Waals surface area contributed by atoms with Gasteiger partial charge in [-0.05, 0) is 30.2 Å². The van der Waals surface area contributed by atoms with Crippen LogP contribution < -0.4 is 4.72 Å². The van der Waals surface area contributed by atoms with E-state index in [-0.39, 0.29) is 16.3 Å². The molecule has 0 saturated heterocycles. The molecule has 0 aromatic heterocycles. The van der Waals surface area contributed by atoms with Crippen LogP contribution in [0, 0.1) is 0 Å². The van der Waals surface area contributed by atoms with E-state index in [2.05, 4.69) is 4.72 Å². The van der Waals surface area contributed by atoms with Gasteiger partial charge in [0.25, 0.3) is 0 Å². The maximum Gasteiger partial charge on any atom is 0.322 e. The first-order valence-corrected chi connectivity index (χ1v) is 8.29. The highest BCUT2D eigenvalue weighted by Gasteiger charge is 2.25. The van der Waals surface area contributed by atoms with Crippen LogP contribution >= 0.6 is 11.6 Å². The predicted molar refractivity (Wildman–Crippen MR) is 83.3 cm³/mol. The van der Waals surface area contributed by atoms with Crippen molar-refractivity contribution < 1.29 is 18.3 Å². The third-order valence-corrected chi connectivity index (χ3v) is 4.69. The van der Waals surface area contributed by atoms with E-state index in [4.69, 9.17) is 11.6 Å². The first-order chi connectivity index (χ1) is 10.4. The fourth-order valence-electron chi connectivity index (χ4n) is 1.92. The Morgan fingerprint density at radius 2 is 1.82 bits per heavy atom. The second-order valence-corrected chi connectivity index (χ2v) is 6.81. The highest BCUT2D eigenvalue weighted by atomic mass is 35.5. The van der Waals surface area contributed by atoms with Crippen molar-refractivity contribution in [3.63, 3.8) is 0 Å². The van der Waals surface area contributed by atoms with Gasteiger partial charge in [0.05, 0.1) is 4.90 Å². The number of sulfonamides is 1. The molecule has 7 heteroatoms. The van der Waals surface area contributed by atoms with E-state index < -0.39 is 22.0 Å². The molecule has 0 aliphatic rings. The first-order valence-electron chi connectivity index (χ1n) is 6.43. The van der Waals surface area contributed by atoms with Gasteiger partial charge in [0, 0.05) is 5.02 Å². The number of carboxylic acid groups (broad SMARTS) is 1. The molecule has 2 rings (SSSR count). The van der Waals surface area contributed by atoms with E-state index in [0.29, 0.717) is 0 Å². The minimum Gasteiger partial charge on any atom is -0.480 e. The molecule has 0 unspecified atom stereocenters. The summed E-state index contributed by atoms with van der Waals surface area (Å²) in [5.41, 5.74) is 0.726. The summed E-state index contributed by atoms with van der Waals surface area (Å²) in [6.07, 6.45) is 0.0516. The lowest BCUT2D eigenvalue weighted by Gasteiger charge is -2.15. The van der Waals surface area contributed by atoms with E-state index in [1.165, 1.54) is 18.2 Å². The standard InChI is InChI=1S/C15H14ClNO4S/c16-12-7-4-8-13(10-12)22(20,21)17-14(15(18)19)9-11-5-2-1-3-6-11/h1-8,10,14,17H,9H2,(H,18,19)/t14-/m1/s1. The van der Waals surface area contributed by atoms with Crippen molar-refractivity contribution in [2.75, 3.05) is 0 Å². The highest BCUT2D eigenvalue weighted by molar-refractivity contribution is 7.89. The molecule has 0 radical (unpaired) electrons. The van der Waals surface area contributed by atoms with Gasteiger partial charge < -0.3 is 5.11 Å². The lowest BCUT2D eigenvalue weighted by molar-refractivity contribution is -0.138. The number of nitrogens with one attached hydrogen (secondary N) is 1. The molecule has 0 amide bonds. The highest BCUT2D eigenvalue weighted by Crippen LogP contribution is 2.16. The summed E-state index contributed by atoms with van der Waals surface area (Å²) in [6, 6.07) is 13.2. The monoisotopic (exact) mass is 339 g/mol. The molecule has 0 bridgehead atoms. The number of hydrogen-bond acceptors (Lipinski definition) is 3. The van der Waals surface area contributed by atoms with Crippen molar-refractivity contribution in [1.82, 2.24) is 4.72 Å². The van der Waals surface area contributed by atoms with Crippen LogP contribution in [-0.4, -0.2) is 25.5 Å². The summed E-state index contributed by atoms with van der Waals surface area (Å²) in [7, 11) is -3.96. The SMILES string of the molecule is O=C(O)[C@@H](Cc1ccccc1)NS(=O)(=O)c1cccc(Cl)c1. The van der Waals surface area contributed by atoms with Crippen LogP contribution in [0.4, 0.5) is 0 Å². The number of aliphatic carboxylic acids is 1. The first kappa shape index (κ1) is 16.5. The van der Waals surface area contributed by atoms with Crippen LogP contribution in [0.2, 0.25) is 5.02 Å². The summed E-state index contributed by atoms with van der Waals surface area (Å²) in [6.45, 7) is 0. The number of hydrogen-bond donors (Lipinski definition) is 2. The van der Waals surface area contributed by atoms with Crippen LogP contribution in [-0.2, 0) is 21.2 Å². The topological polar surface area (TPSA) is 83.5 Å². The van der Waals surface area contributed by atoms with Crippen molar-refractivity contribution in [3.8, 4) is 0 Å². The molecule has 0 heterocycles. The molecule has 1 atom stereocenters. The fraction of sp³-hybridized carbons (Fsp3) is 0.133. The van der Waals surface area contributed by atoms with Gasteiger partial charge in [-0.3, -0.25) is 4.79 Å². The zero-order valence-electron chi connectivity index (χ0n) is 11.4. The predicted octanol–water partition coefficient (Wildman–Crippen LogP) is 2.31. The van der Waals surface area contributed by atoms with Crippen molar-refractivity contribution in [2.45, 2.75) is 17.4 Å². The van der Waals surface area contributed by atoms with Crippen LogP contribution in [0.15, 0.2) is 59.5 Å². The van der Waals surface area contributed by atoms with Gasteiger partial charge in [-0.1, -0.05) is 48.0 Å². The van der Waals surface area contributed by atoms with Gasteiger partial charge in [-0.2, -0.15) is 4.72 Å². The summed E-state index contributed by atoms with van der Waals surface area (Å²) in [5.74, 6) is -1.24. The van der Waals surface area contributed by atoms with Crippen LogP contribution in [0.25, 0.3) is 0 Å². The number of carboxylic acids is 1. The molecule has 22 heavy (non-hydrogen) atoms. The molecular formula is C15H14ClNO4S. The average Bonchev–Trinajstić information content (AvgIpc) is 2.47. The maximum absolute atomic E-state index is 12.3. The van der Waals surface area contributed by atoms with E-state index in [1.807, 2.05) is 0 Å². The smallest absolute Gasteiger partial charge is 0.322 e. The molecule has 0 aliphatic carbocycles. The van der Waals surface area contributed by atoms with Crippen molar-refractivity contribution in [1.29, 1.82) is 0 Å². The molecule has 0 aliphatic heterocycles. The number of carbonyl (C=O) groups is 1. The largest absolute Gasteiger partial charge is 0.480 e. The molecule has 2 N–H and O–H groups in total. The van der Waals surface area contributed by atoms with Gasteiger partial charge in [-0.25, -0.2) is 8.42 Å². The quantitative estimate of drug-likeness (QED) is 0.846. The van der Waals surface area contributed by atoms with Gasteiger partial charge in [-0.15, -0.1) is 0 Å². The Hall–Kier alpha value is -1.89. The lowest BCUT2D eigenvalue weighted by atomic mass is 10.1. The van der Waals surface area contributed by atoms with Crippen LogP contribution in [0.3, 0.4) is 0 Å². The minimum absolute atomic E-state index is 0.0516. The molecule has 0 fully saturated rings. The Balaban J connectivity index is 2.22. The molecule has 116 valence electrons. The van der Waals surface area contributed by atoms with Crippen molar-refractivity contribution >= 4 is 27.6 Å². The minimum atomic E-state index is -3.96. The van der Waals surface area contributed by atoms with Gasteiger partial charge in [0.1, 0.15) is 6.04 Å². The summed E-state index contributed by atoms with van der Waals surface area (Å²) in [4.78, 5) is 11.3. The molecular weight excluding hydrogens is 326 g/mol. The third kappa shape index (κ3) is 4.30. The fourth-order valence-corrected chi connectivity index (χ4v) is 3.41. The van der Waals surface area contributed by atoms with E-state index in [1.54, 1.807) is 36.4 Å². The van der Waals surface area contributed by atoms with Crippen molar-refractivity contribution in [3.05, 3.63) is 65.2 Å². The molecule has 2 aromatic rings. The molecule has 5 nitrogen and oxygen atoms in total. The Morgan fingerprint density at radius 3 is 2.41 bits per heavy atom. The zero-order valence-corrected chi connectivity index (χ0v) is 13.0. The van der Waals surface area contributed by atoms with E-state index in [0.717, 1.165) is 5.56 Å². The number of halogens is 1. The summed E-state index contributed by atoms with van der Waals surface area (Å²) < 4.78 is 26.7.